The van der Waals surface area contributed by atoms with E-state index in [1.54, 1.807) is 0 Å². The molecule has 0 saturated carbocycles. The van der Waals surface area contributed by atoms with Gasteiger partial charge < -0.3 is 15.2 Å². The third-order valence-electron chi connectivity index (χ3n) is 5.99. The second-order valence-electron chi connectivity index (χ2n) is 8.16. The van der Waals surface area contributed by atoms with Crippen molar-refractivity contribution in [3.8, 4) is 11.4 Å². The minimum atomic E-state index is -0.0260. The van der Waals surface area contributed by atoms with Crippen LogP contribution in [0.5, 0.6) is 0 Å². The highest BCUT2D eigenvalue weighted by Gasteiger charge is 2.21. The maximum Gasteiger partial charge on any atom is 0.253 e. The molecule has 0 fully saturated rings. The number of imidazole rings is 1. The molecule has 1 atom stereocenters. The van der Waals surface area contributed by atoms with E-state index in [2.05, 4.69) is 76.7 Å². The van der Waals surface area contributed by atoms with Gasteiger partial charge in [0.1, 0.15) is 5.82 Å². The van der Waals surface area contributed by atoms with Gasteiger partial charge in [-0.1, -0.05) is 67.6 Å². The molecule has 156 valence electrons. The van der Waals surface area contributed by atoms with Gasteiger partial charge in [0, 0.05) is 31.7 Å². The monoisotopic (exact) mass is 410 g/mol. The van der Waals surface area contributed by atoms with E-state index in [0.717, 1.165) is 42.1 Å². The molecule has 5 heteroatoms. The number of para-hydroxylation sites is 1. The number of benzene rings is 3. The van der Waals surface area contributed by atoms with Crippen molar-refractivity contribution in [2.24, 2.45) is 0 Å². The molecule has 2 heterocycles. The van der Waals surface area contributed by atoms with Gasteiger partial charge in [-0.05, 0) is 29.2 Å². The van der Waals surface area contributed by atoms with Crippen LogP contribution < -0.4 is 10.6 Å². The van der Waals surface area contributed by atoms with Gasteiger partial charge in [-0.3, -0.25) is 4.79 Å². The van der Waals surface area contributed by atoms with Crippen molar-refractivity contribution < 1.29 is 4.79 Å². The van der Waals surface area contributed by atoms with E-state index < -0.39 is 0 Å². The smallest absolute Gasteiger partial charge is 0.253 e. The Morgan fingerprint density at radius 3 is 2.65 bits per heavy atom. The Hall–Kier alpha value is -3.44. The van der Waals surface area contributed by atoms with Crippen LogP contribution in [-0.2, 0) is 13.1 Å². The molecule has 5 nitrogen and oxygen atoms in total. The molecular weight excluding hydrogens is 384 g/mol. The second kappa shape index (κ2) is 8.36. The fraction of sp³-hybridized carbons (Fsp3) is 0.231. The zero-order valence-electron chi connectivity index (χ0n) is 17.6. The molecule has 0 radical (unpaired) electrons. The number of rotatable bonds is 6. The molecule has 1 aliphatic rings. The van der Waals surface area contributed by atoms with Gasteiger partial charge in [0.25, 0.3) is 5.91 Å². The maximum atomic E-state index is 12.4. The standard InChI is InChI=1S/C26H26N4O/c1-18(20-6-3-2-4-7-20)16-27-17-19-10-12-21(13-11-19)25-29-23-9-5-8-22-24(23)30(25)15-14-28-26(22)31/h2-13,18,27H,14-17H2,1H3,(H,28,31). The van der Waals surface area contributed by atoms with Crippen molar-refractivity contribution in [3.63, 3.8) is 0 Å². The van der Waals surface area contributed by atoms with Gasteiger partial charge >= 0.3 is 0 Å². The molecule has 5 rings (SSSR count). The lowest BCUT2D eigenvalue weighted by Crippen LogP contribution is -2.24. The summed E-state index contributed by atoms with van der Waals surface area (Å²) in [7, 11) is 0. The summed E-state index contributed by atoms with van der Waals surface area (Å²) in [6.45, 7) is 5.33. The van der Waals surface area contributed by atoms with Crippen molar-refractivity contribution in [1.29, 1.82) is 0 Å². The minimum absolute atomic E-state index is 0.0260. The molecule has 0 spiro atoms. The summed E-state index contributed by atoms with van der Waals surface area (Å²) in [5.41, 5.74) is 6.15. The molecule has 1 unspecified atom stereocenters. The lowest BCUT2D eigenvalue weighted by atomic mass is 10.0. The van der Waals surface area contributed by atoms with Crippen LogP contribution in [0.25, 0.3) is 22.4 Å². The molecule has 1 aliphatic heterocycles. The van der Waals surface area contributed by atoms with E-state index in [4.69, 9.17) is 4.98 Å². The summed E-state index contributed by atoms with van der Waals surface area (Å²) < 4.78 is 2.16. The number of aromatic nitrogens is 2. The lowest BCUT2D eigenvalue weighted by Gasteiger charge is -2.13. The minimum Gasteiger partial charge on any atom is -0.350 e. The fourth-order valence-electron chi connectivity index (χ4n) is 4.29. The predicted octanol–water partition coefficient (Wildman–Crippen LogP) is 4.34. The van der Waals surface area contributed by atoms with Crippen LogP contribution in [0.1, 0.15) is 34.3 Å². The quantitative estimate of drug-likeness (QED) is 0.497. The summed E-state index contributed by atoms with van der Waals surface area (Å²) in [5, 5.41) is 6.54. The lowest BCUT2D eigenvalue weighted by molar-refractivity contribution is 0.0956. The van der Waals surface area contributed by atoms with Gasteiger partial charge in [0.15, 0.2) is 0 Å². The third-order valence-corrected chi connectivity index (χ3v) is 5.99. The van der Waals surface area contributed by atoms with Gasteiger partial charge in [-0.25, -0.2) is 4.98 Å². The van der Waals surface area contributed by atoms with E-state index in [9.17, 15) is 4.79 Å². The molecule has 0 bridgehead atoms. The zero-order valence-corrected chi connectivity index (χ0v) is 17.6. The highest BCUT2D eigenvalue weighted by Crippen LogP contribution is 2.28. The van der Waals surface area contributed by atoms with Crippen LogP contribution in [0.15, 0.2) is 72.8 Å². The van der Waals surface area contributed by atoms with Crippen molar-refractivity contribution in [1.82, 2.24) is 20.2 Å². The SMILES string of the molecule is CC(CNCc1ccc(-c2nc3cccc4c3n2CCNC4=O)cc1)c1ccccc1. The highest BCUT2D eigenvalue weighted by molar-refractivity contribution is 6.06. The van der Waals surface area contributed by atoms with Crippen LogP contribution in [0.4, 0.5) is 0 Å². The van der Waals surface area contributed by atoms with Crippen LogP contribution in [-0.4, -0.2) is 28.5 Å². The zero-order chi connectivity index (χ0) is 21.2. The molecule has 2 N–H and O–H groups in total. The van der Waals surface area contributed by atoms with Gasteiger partial charge in [0.05, 0.1) is 16.6 Å². The van der Waals surface area contributed by atoms with Crippen LogP contribution in [0, 0.1) is 0 Å². The van der Waals surface area contributed by atoms with Crippen molar-refractivity contribution in [2.75, 3.05) is 13.1 Å². The first kappa shape index (κ1) is 19.5. The summed E-state index contributed by atoms with van der Waals surface area (Å²) >= 11 is 0. The largest absolute Gasteiger partial charge is 0.350 e. The summed E-state index contributed by atoms with van der Waals surface area (Å²) in [4.78, 5) is 17.2. The van der Waals surface area contributed by atoms with Crippen LogP contribution >= 0.6 is 0 Å². The second-order valence-corrected chi connectivity index (χ2v) is 8.16. The molecule has 1 amide bonds. The Bertz CT molecular complexity index is 1210. The number of amides is 1. The molecule has 1 aromatic heterocycles. The fourth-order valence-corrected chi connectivity index (χ4v) is 4.29. The molecule has 0 aliphatic carbocycles. The Balaban J connectivity index is 1.32. The third kappa shape index (κ3) is 3.84. The van der Waals surface area contributed by atoms with Gasteiger partial charge in [-0.15, -0.1) is 0 Å². The van der Waals surface area contributed by atoms with Crippen LogP contribution in [0.3, 0.4) is 0 Å². The Morgan fingerprint density at radius 2 is 1.84 bits per heavy atom. The summed E-state index contributed by atoms with van der Waals surface area (Å²) in [5.74, 6) is 1.36. The van der Waals surface area contributed by atoms with Crippen molar-refractivity contribution in [3.05, 3.63) is 89.5 Å². The van der Waals surface area contributed by atoms with Gasteiger partial charge in [-0.2, -0.15) is 0 Å². The summed E-state index contributed by atoms with van der Waals surface area (Å²) in [6.07, 6.45) is 0. The van der Waals surface area contributed by atoms with E-state index >= 15 is 0 Å². The van der Waals surface area contributed by atoms with Crippen LogP contribution in [0.2, 0.25) is 0 Å². The first-order valence-corrected chi connectivity index (χ1v) is 10.8. The Kier molecular flexibility index (Phi) is 5.26. The first-order valence-electron chi connectivity index (χ1n) is 10.8. The van der Waals surface area contributed by atoms with E-state index in [1.807, 2.05) is 18.2 Å². The van der Waals surface area contributed by atoms with E-state index in [0.29, 0.717) is 18.0 Å². The molecule has 4 aromatic rings. The number of nitrogens with zero attached hydrogens (tertiary/aromatic N) is 2. The first-order chi connectivity index (χ1) is 15.2. The Labute approximate surface area is 182 Å². The molecule has 31 heavy (non-hydrogen) atoms. The Morgan fingerprint density at radius 1 is 1.03 bits per heavy atom. The number of hydrogen-bond acceptors (Lipinski definition) is 3. The molecular formula is C26H26N4O. The van der Waals surface area contributed by atoms with Crippen molar-refractivity contribution in [2.45, 2.75) is 25.9 Å². The molecule has 0 saturated heterocycles. The van der Waals surface area contributed by atoms with Gasteiger partial charge in [0.2, 0.25) is 0 Å². The normalized spacial score (nSPS) is 14.3. The highest BCUT2D eigenvalue weighted by atomic mass is 16.1. The maximum absolute atomic E-state index is 12.4. The topological polar surface area (TPSA) is 59.0 Å². The molecule has 3 aromatic carbocycles. The average Bonchev–Trinajstić information content (AvgIpc) is 3.09. The van der Waals surface area contributed by atoms with Crippen molar-refractivity contribution >= 4 is 16.9 Å². The van der Waals surface area contributed by atoms with E-state index in [1.165, 1.54) is 11.1 Å². The number of carbonyl (C=O) groups is 1. The predicted molar refractivity (Wildman–Crippen MR) is 124 cm³/mol. The number of hydrogen-bond donors (Lipinski definition) is 2. The number of carbonyl (C=O) groups excluding carboxylic acids is 1. The number of nitrogens with one attached hydrogen (secondary N) is 2. The summed E-state index contributed by atoms with van der Waals surface area (Å²) in [6, 6.07) is 24.9. The van der Waals surface area contributed by atoms with E-state index in [-0.39, 0.29) is 5.91 Å². The average molecular weight is 411 g/mol.